The minimum atomic E-state index is -0.00249. The maximum atomic E-state index is 13.5. The molecule has 0 N–H and O–H groups in total. The van der Waals surface area contributed by atoms with Gasteiger partial charge >= 0.3 is 0 Å². The Morgan fingerprint density at radius 1 is 1.09 bits per heavy atom. The minimum absolute atomic E-state index is 0.00249. The Bertz CT molecular complexity index is 1310. The lowest BCUT2D eigenvalue weighted by molar-refractivity contribution is 0.590. The molecule has 4 aromatic rings. The van der Waals surface area contributed by atoms with E-state index in [2.05, 4.69) is 82.8 Å². The van der Waals surface area contributed by atoms with Gasteiger partial charge in [-0.25, -0.2) is 4.98 Å². The molecule has 0 fully saturated rings. The third-order valence-electron chi connectivity index (χ3n) is 5.52. The van der Waals surface area contributed by atoms with Gasteiger partial charge in [0, 0.05) is 23.2 Å². The van der Waals surface area contributed by atoms with E-state index in [0.717, 1.165) is 26.9 Å². The van der Waals surface area contributed by atoms with Crippen molar-refractivity contribution in [2.24, 2.45) is 0 Å². The van der Waals surface area contributed by atoms with Gasteiger partial charge in [0.25, 0.3) is 5.56 Å². The van der Waals surface area contributed by atoms with Gasteiger partial charge in [-0.3, -0.25) is 9.36 Å². The lowest BCUT2D eigenvalue weighted by atomic mass is 9.87. The molecule has 0 amide bonds. The van der Waals surface area contributed by atoms with Gasteiger partial charge < -0.3 is 0 Å². The van der Waals surface area contributed by atoms with Crippen LogP contribution < -0.4 is 5.56 Å². The first kappa shape index (κ1) is 22.6. The van der Waals surface area contributed by atoms with Crippen LogP contribution in [0.3, 0.4) is 0 Å². The number of rotatable bonds is 6. The third kappa shape index (κ3) is 4.59. The molecule has 0 saturated heterocycles. The Kier molecular flexibility index (Phi) is 6.40. The molecular weight excluding hydrogens is 432 g/mol. The van der Waals surface area contributed by atoms with E-state index in [1.165, 1.54) is 28.0 Å². The monoisotopic (exact) mass is 460 g/mol. The molecule has 0 aliphatic carbocycles. The van der Waals surface area contributed by atoms with E-state index in [0.29, 0.717) is 11.9 Å². The second-order valence-corrected chi connectivity index (χ2v) is 10.8. The van der Waals surface area contributed by atoms with E-state index in [1.54, 1.807) is 22.4 Å². The summed E-state index contributed by atoms with van der Waals surface area (Å²) in [5.41, 5.74) is 5.87. The van der Waals surface area contributed by atoms with Crippen molar-refractivity contribution >= 4 is 33.3 Å². The molecular formula is C27H28N2OS2. The van der Waals surface area contributed by atoms with E-state index in [4.69, 9.17) is 4.98 Å². The molecule has 0 bridgehead atoms. The van der Waals surface area contributed by atoms with Crippen LogP contribution in [0.25, 0.3) is 21.3 Å². The highest BCUT2D eigenvalue weighted by Gasteiger charge is 2.17. The second kappa shape index (κ2) is 9.08. The van der Waals surface area contributed by atoms with Crippen LogP contribution in [-0.4, -0.2) is 9.55 Å². The Hall–Kier alpha value is -2.63. The van der Waals surface area contributed by atoms with Gasteiger partial charge in [-0.2, -0.15) is 0 Å². The van der Waals surface area contributed by atoms with Crippen molar-refractivity contribution in [2.45, 2.75) is 50.6 Å². The van der Waals surface area contributed by atoms with Crippen molar-refractivity contribution in [3.8, 4) is 11.1 Å². The van der Waals surface area contributed by atoms with E-state index < -0.39 is 0 Å². The second-order valence-electron chi connectivity index (χ2n) is 9.03. The van der Waals surface area contributed by atoms with Gasteiger partial charge in [-0.1, -0.05) is 92.7 Å². The van der Waals surface area contributed by atoms with Gasteiger partial charge in [0.1, 0.15) is 4.83 Å². The Labute approximate surface area is 197 Å². The molecule has 5 heteroatoms. The number of thiophene rings is 1. The average Bonchev–Trinajstić information content (AvgIpc) is 3.19. The summed E-state index contributed by atoms with van der Waals surface area (Å²) in [6, 6.07) is 17.0. The predicted octanol–water partition coefficient (Wildman–Crippen LogP) is 7.21. The van der Waals surface area contributed by atoms with Gasteiger partial charge in [-0.05, 0) is 29.0 Å². The van der Waals surface area contributed by atoms with Gasteiger partial charge in [0.05, 0.1) is 5.39 Å². The van der Waals surface area contributed by atoms with Crippen molar-refractivity contribution in [1.82, 2.24) is 9.55 Å². The molecule has 0 aliphatic heterocycles. The Morgan fingerprint density at radius 3 is 2.41 bits per heavy atom. The first-order valence-electron chi connectivity index (χ1n) is 10.7. The first-order valence-corrected chi connectivity index (χ1v) is 12.6. The van der Waals surface area contributed by atoms with Crippen LogP contribution >= 0.6 is 23.1 Å². The number of aromatic nitrogens is 2. The van der Waals surface area contributed by atoms with Gasteiger partial charge in [0.15, 0.2) is 5.16 Å². The normalized spacial score (nSPS) is 11.8. The topological polar surface area (TPSA) is 34.9 Å². The van der Waals surface area contributed by atoms with E-state index in [-0.39, 0.29) is 11.0 Å². The maximum absolute atomic E-state index is 13.5. The molecule has 3 nitrogen and oxygen atoms in total. The summed E-state index contributed by atoms with van der Waals surface area (Å²) in [4.78, 5) is 19.2. The summed E-state index contributed by atoms with van der Waals surface area (Å²) in [6.45, 7) is 13.0. The maximum Gasteiger partial charge on any atom is 0.263 e. The van der Waals surface area contributed by atoms with Crippen molar-refractivity contribution in [3.05, 3.63) is 93.6 Å². The van der Waals surface area contributed by atoms with E-state index in [9.17, 15) is 4.79 Å². The number of hydrogen-bond donors (Lipinski definition) is 0. The van der Waals surface area contributed by atoms with Crippen LogP contribution in [0.4, 0.5) is 0 Å². The summed E-state index contributed by atoms with van der Waals surface area (Å²) in [5, 5.41) is 3.47. The minimum Gasteiger partial charge on any atom is -0.283 e. The summed E-state index contributed by atoms with van der Waals surface area (Å²) in [6.07, 6.45) is 1.76. The Morgan fingerprint density at radius 2 is 1.78 bits per heavy atom. The fourth-order valence-corrected chi connectivity index (χ4v) is 5.55. The number of thioether (sulfide) groups is 1. The fourth-order valence-electron chi connectivity index (χ4n) is 3.60. The highest BCUT2D eigenvalue weighted by atomic mass is 32.2. The van der Waals surface area contributed by atoms with E-state index in [1.807, 2.05) is 5.38 Å². The molecule has 2 heterocycles. The van der Waals surface area contributed by atoms with Gasteiger partial charge in [0.2, 0.25) is 0 Å². The predicted molar refractivity (Wildman–Crippen MR) is 139 cm³/mol. The lowest BCUT2D eigenvalue weighted by Gasteiger charge is -2.19. The molecule has 0 unspecified atom stereocenters. The SMILES string of the molecule is C=CCn1c(SCc2ccc(C(C)(C)C)cc2)nc2scc(-c3ccc(C)cc3)c2c1=O. The average molecular weight is 461 g/mol. The molecule has 2 aromatic carbocycles. The highest BCUT2D eigenvalue weighted by molar-refractivity contribution is 7.98. The summed E-state index contributed by atoms with van der Waals surface area (Å²) < 4.78 is 1.74. The first-order chi connectivity index (χ1) is 15.3. The Balaban J connectivity index is 1.69. The number of aryl methyl sites for hydroxylation is 1. The largest absolute Gasteiger partial charge is 0.283 e. The van der Waals surface area contributed by atoms with Crippen molar-refractivity contribution in [2.75, 3.05) is 0 Å². The third-order valence-corrected chi connectivity index (χ3v) is 7.44. The van der Waals surface area contributed by atoms with Crippen LogP contribution in [-0.2, 0) is 17.7 Å². The number of fused-ring (bicyclic) bond motifs is 1. The fraction of sp³-hybridized carbons (Fsp3) is 0.259. The molecule has 4 rings (SSSR count). The molecule has 0 atom stereocenters. The zero-order valence-corrected chi connectivity index (χ0v) is 20.6. The van der Waals surface area contributed by atoms with Crippen molar-refractivity contribution in [1.29, 1.82) is 0 Å². The van der Waals surface area contributed by atoms with Crippen molar-refractivity contribution < 1.29 is 0 Å². The standard InChI is InChI=1S/C27H28N2OS2/c1-6-15-29-25(30)23-22(20-11-7-18(2)8-12-20)17-31-24(23)28-26(29)32-16-19-9-13-21(14-10-19)27(3,4)5/h6-14,17H,1,15-16H2,2-5H3. The quantitative estimate of drug-likeness (QED) is 0.173. The van der Waals surface area contributed by atoms with Crippen LogP contribution in [0.5, 0.6) is 0 Å². The molecule has 0 radical (unpaired) electrons. The molecule has 0 aliphatic rings. The molecule has 0 spiro atoms. The van der Waals surface area contributed by atoms with Crippen molar-refractivity contribution in [3.63, 3.8) is 0 Å². The molecule has 164 valence electrons. The smallest absolute Gasteiger partial charge is 0.263 e. The number of hydrogen-bond acceptors (Lipinski definition) is 4. The summed E-state index contributed by atoms with van der Waals surface area (Å²) in [7, 11) is 0. The number of benzene rings is 2. The molecule has 2 aromatic heterocycles. The zero-order valence-electron chi connectivity index (χ0n) is 19.0. The van der Waals surface area contributed by atoms with Crippen LogP contribution in [0.1, 0.15) is 37.5 Å². The number of nitrogens with zero attached hydrogens (tertiary/aromatic N) is 2. The highest BCUT2D eigenvalue weighted by Crippen LogP contribution is 2.33. The van der Waals surface area contributed by atoms with Crippen LogP contribution in [0.15, 0.2) is 76.5 Å². The van der Waals surface area contributed by atoms with Crippen LogP contribution in [0, 0.1) is 6.92 Å². The summed E-state index contributed by atoms with van der Waals surface area (Å²) >= 11 is 3.13. The van der Waals surface area contributed by atoms with E-state index >= 15 is 0 Å². The van der Waals surface area contributed by atoms with Gasteiger partial charge in [-0.15, -0.1) is 17.9 Å². The molecule has 32 heavy (non-hydrogen) atoms. The lowest BCUT2D eigenvalue weighted by Crippen LogP contribution is -2.22. The zero-order chi connectivity index (χ0) is 22.9. The molecule has 0 saturated carbocycles. The van der Waals surface area contributed by atoms with Crippen LogP contribution in [0.2, 0.25) is 0 Å². The summed E-state index contributed by atoms with van der Waals surface area (Å²) in [5.74, 6) is 0.760. The number of allylic oxidation sites excluding steroid dienone is 1.